The number of rotatable bonds is 8. The van der Waals surface area contributed by atoms with Crippen molar-refractivity contribution >= 4 is 17.7 Å². The summed E-state index contributed by atoms with van der Waals surface area (Å²) in [7, 11) is 0. The molecule has 0 aliphatic carbocycles. The maximum atomic E-state index is 12.7. The predicted molar refractivity (Wildman–Crippen MR) is 124 cm³/mol. The molecule has 1 N–H and O–H groups in total. The smallest absolute Gasteiger partial charge is 0.360 e. The number of ether oxygens (including phenoxy) is 1. The first-order valence-corrected chi connectivity index (χ1v) is 10.6. The summed E-state index contributed by atoms with van der Waals surface area (Å²) in [6.07, 6.45) is 1.48. The molecule has 2 aromatic carbocycles. The Morgan fingerprint density at radius 1 is 0.971 bits per heavy atom. The van der Waals surface area contributed by atoms with E-state index in [-0.39, 0.29) is 11.6 Å². The summed E-state index contributed by atoms with van der Waals surface area (Å²) < 4.78 is 8.23. The molecule has 9 heteroatoms. The summed E-state index contributed by atoms with van der Waals surface area (Å²) in [4.78, 5) is 37.6. The molecule has 34 heavy (non-hydrogen) atoms. The van der Waals surface area contributed by atoms with Crippen molar-refractivity contribution in [3.63, 3.8) is 0 Å². The number of hydrogen-bond donors (Lipinski definition) is 1. The fraction of sp³-hybridized carbons (Fsp3) is 0.160. The van der Waals surface area contributed by atoms with Crippen molar-refractivity contribution < 1.29 is 19.1 Å². The molecule has 2 heterocycles. The minimum Gasteiger partial charge on any atom is -0.452 e. The summed E-state index contributed by atoms with van der Waals surface area (Å²) >= 11 is 0. The molecule has 0 saturated carbocycles. The highest BCUT2D eigenvalue weighted by Gasteiger charge is 2.20. The Balaban J connectivity index is 1.37. The van der Waals surface area contributed by atoms with Gasteiger partial charge in [-0.15, -0.1) is 5.10 Å². The van der Waals surface area contributed by atoms with E-state index in [9.17, 15) is 14.4 Å². The molecule has 0 aliphatic rings. The Morgan fingerprint density at radius 2 is 1.65 bits per heavy atom. The van der Waals surface area contributed by atoms with Crippen LogP contribution in [0.5, 0.6) is 0 Å². The van der Waals surface area contributed by atoms with Crippen LogP contribution in [0, 0.1) is 13.8 Å². The minimum absolute atomic E-state index is 0.0179. The molecular formula is C25H23N5O4. The number of Topliss-reactive ketones (excluding diaryl/α,β-unsaturated/α-hetero) is 1. The molecular weight excluding hydrogens is 434 g/mol. The monoisotopic (exact) mass is 457 g/mol. The summed E-state index contributed by atoms with van der Waals surface area (Å²) in [6, 6.07) is 20.0. The number of benzene rings is 2. The van der Waals surface area contributed by atoms with Crippen molar-refractivity contribution in [2.24, 2.45) is 0 Å². The van der Waals surface area contributed by atoms with E-state index in [1.807, 2.05) is 36.4 Å². The van der Waals surface area contributed by atoms with Crippen LogP contribution in [0.1, 0.15) is 48.2 Å². The zero-order chi connectivity index (χ0) is 24.1. The van der Waals surface area contributed by atoms with Crippen LogP contribution < -0.4 is 5.43 Å². The van der Waals surface area contributed by atoms with Crippen molar-refractivity contribution in [3.05, 3.63) is 107 Å². The lowest BCUT2D eigenvalue weighted by atomic mass is 10.1. The van der Waals surface area contributed by atoms with Gasteiger partial charge in [-0.2, -0.15) is 0 Å². The number of carbonyl (C=O) groups excluding carboxylic acids is 3. The molecule has 2 aromatic heterocycles. The van der Waals surface area contributed by atoms with E-state index < -0.39 is 18.4 Å². The molecule has 9 nitrogen and oxygen atoms in total. The highest BCUT2D eigenvalue weighted by Crippen LogP contribution is 2.15. The summed E-state index contributed by atoms with van der Waals surface area (Å²) in [5.74, 6) is -1.43. The Hall–Kier alpha value is -4.53. The van der Waals surface area contributed by atoms with Crippen molar-refractivity contribution in [1.29, 1.82) is 0 Å². The van der Waals surface area contributed by atoms with E-state index in [1.54, 1.807) is 48.9 Å². The first-order chi connectivity index (χ1) is 16.4. The zero-order valence-electron chi connectivity index (χ0n) is 18.8. The number of hydrogen-bond acceptors (Lipinski definition) is 6. The van der Waals surface area contributed by atoms with Crippen LogP contribution in [0.25, 0.3) is 0 Å². The van der Waals surface area contributed by atoms with Gasteiger partial charge in [0.05, 0.1) is 12.7 Å². The molecule has 0 unspecified atom stereocenters. The highest BCUT2D eigenvalue weighted by atomic mass is 16.5. The fourth-order valence-electron chi connectivity index (χ4n) is 3.50. The van der Waals surface area contributed by atoms with Crippen LogP contribution in [0.4, 0.5) is 0 Å². The van der Waals surface area contributed by atoms with Gasteiger partial charge in [0.25, 0.3) is 5.91 Å². The molecule has 172 valence electrons. The van der Waals surface area contributed by atoms with Gasteiger partial charge < -0.3 is 4.74 Å². The van der Waals surface area contributed by atoms with Crippen molar-refractivity contribution in [2.75, 3.05) is 12.0 Å². The number of amides is 1. The Morgan fingerprint density at radius 3 is 2.35 bits per heavy atom. The van der Waals surface area contributed by atoms with Gasteiger partial charge in [0.1, 0.15) is 0 Å². The van der Waals surface area contributed by atoms with E-state index in [0.29, 0.717) is 29.1 Å². The number of carbonyl (C=O) groups is 3. The topological polar surface area (TPSA) is 108 Å². The molecule has 0 radical (unpaired) electrons. The van der Waals surface area contributed by atoms with Crippen molar-refractivity contribution in [3.8, 4) is 0 Å². The third-order valence-electron chi connectivity index (χ3n) is 5.25. The Kier molecular flexibility index (Phi) is 6.63. The van der Waals surface area contributed by atoms with Gasteiger partial charge in [-0.3, -0.25) is 19.7 Å². The lowest BCUT2D eigenvalue weighted by molar-refractivity contribution is 0.0468. The van der Waals surface area contributed by atoms with E-state index in [2.05, 4.69) is 15.7 Å². The molecule has 0 spiro atoms. The second-order valence-electron chi connectivity index (χ2n) is 7.71. The molecule has 0 bridgehead atoms. The second-order valence-corrected chi connectivity index (χ2v) is 7.71. The lowest BCUT2D eigenvalue weighted by Crippen LogP contribution is -2.25. The first-order valence-electron chi connectivity index (χ1n) is 10.6. The summed E-state index contributed by atoms with van der Waals surface area (Å²) in [6.45, 7) is 3.48. The molecule has 0 saturated heterocycles. The van der Waals surface area contributed by atoms with E-state index in [1.165, 1.54) is 10.9 Å². The molecule has 4 rings (SSSR count). The van der Waals surface area contributed by atoms with E-state index in [4.69, 9.17) is 4.74 Å². The lowest BCUT2D eigenvalue weighted by Gasteiger charge is -2.11. The van der Waals surface area contributed by atoms with Crippen molar-refractivity contribution in [2.45, 2.75) is 20.4 Å². The zero-order valence-corrected chi connectivity index (χ0v) is 18.8. The van der Waals surface area contributed by atoms with E-state index >= 15 is 0 Å². The maximum Gasteiger partial charge on any atom is 0.360 e. The average Bonchev–Trinajstić information content (AvgIpc) is 3.43. The van der Waals surface area contributed by atoms with Gasteiger partial charge in [-0.25, -0.2) is 9.48 Å². The average molecular weight is 457 g/mol. The second kappa shape index (κ2) is 9.95. The summed E-state index contributed by atoms with van der Waals surface area (Å²) in [5.41, 5.74) is 5.87. The third kappa shape index (κ3) is 5.09. The number of nitrogens with one attached hydrogen (secondary N) is 1. The van der Waals surface area contributed by atoms with E-state index in [0.717, 1.165) is 5.56 Å². The van der Waals surface area contributed by atoms with Crippen LogP contribution >= 0.6 is 0 Å². The SMILES string of the molecule is Cc1cc(C(=O)COC(=O)c2cn(Cc3ccccc3)nn2)c(C)n1NC(=O)c1ccccc1. The van der Waals surface area contributed by atoms with Crippen LogP contribution in [0.2, 0.25) is 0 Å². The number of aryl methyl sites for hydroxylation is 1. The highest BCUT2D eigenvalue weighted by molar-refractivity contribution is 6.02. The molecule has 0 fully saturated rings. The molecule has 0 aliphatic heterocycles. The predicted octanol–water partition coefficient (Wildman–Crippen LogP) is 3.17. The van der Waals surface area contributed by atoms with Gasteiger partial charge in [-0.05, 0) is 37.6 Å². The fourth-order valence-corrected chi connectivity index (χ4v) is 3.50. The number of aromatic nitrogens is 4. The number of nitrogens with zero attached hydrogens (tertiary/aromatic N) is 4. The van der Waals surface area contributed by atoms with Gasteiger partial charge in [0, 0.05) is 22.5 Å². The van der Waals surface area contributed by atoms with Gasteiger partial charge in [0.2, 0.25) is 5.78 Å². The Bertz CT molecular complexity index is 1330. The van der Waals surface area contributed by atoms with Crippen LogP contribution in [-0.2, 0) is 11.3 Å². The Labute approximate surface area is 195 Å². The quantitative estimate of drug-likeness (QED) is 0.322. The van der Waals surface area contributed by atoms with Gasteiger partial charge in [-0.1, -0.05) is 53.7 Å². The molecule has 0 atom stereocenters. The minimum atomic E-state index is -0.737. The molecule has 1 amide bonds. The van der Waals surface area contributed by atoms with Crippen LogP contribution in [0.3, 0.4) is 0 Å². The third-order valence-corrected chi connectivity index (χ3v) is 5.25. The van der Waals surface area contributed by atoms with Gasteiger partial charge in [0.15, 0.2) is 12.3 Å². The summed E-state index contributed by atoms with van der Waals surface area (Å²) in [5, 5.41) is 7.77. The number of ketones is 1. The normalized spacial score (nSPS) is 10.6. The largest absolute Gasteiger partial charge is 0.452 e. The van der Waals surface area contributed by atoms with Crippen LogP contribution in [0.15, 0.2) is 72.9 Å². The number of esters is 1. The maximum absolute atomic E-state index is 12.7. The van der Waals surface area contributed by atoms with Gasteiger partial charge >= 0.3 is 5.97 Å². The first kappa shape index (κ1) is 22.7. The van der Waals surface area contributed by atoms with Crippen LogP contribution in [-0.4, -0.2) is 43.9 Å². The molecule has 4 aromatic rings. The van der Waals surface area contributed by atoms with Crippen molar-refractivity contribution in [1.82, 2.24) is 19.7 Å². The standard InChI is InChI=1S/C25H23N5O4/c1-17-13-21(18(2)30(17)27-24(32)20-11-7-4-8-12-20)23(31)16-34-25(33)22-15-29(28-26-22)14-19-9-5-3-6-10-19/h3-13,15H,14,16H2,1-2H3,(H,27,32).